The minimum Gasteiger partial charge on any atom is -0.374 e. The Morgan fingerprint density at radius 2 is 1.83 bits per heavy atom. The summed E-state index contributed by atoms with van der Waals surface area (Å²) >= 11 is 0. The van der Waals surface area contributed by atoms with E-state index in [1.165, 1.54) is 0 Å². The first kappa shape index (κ1) is 13.1. The van der Waals surface area contributed by atoms with Crippen LogP contribution in [0.15, 0.2) is 23.4 Å². The van der Waals surface area contributed by atoms with Crippen LogP contribution in [-0.4, -0.2) is 29.6 Å². The van der Waals surface area contributed by atoms with Crippen LogP contribution < -0.4 is 0 Å². The third kappa shape index (κ3) is 2.55. The van der Waals surface area contributed by atoms with Crippen molar-refractivity contribution in [3.05, 3.63) is 23.4 Å². The van der Waals surface area contributed by atoms with E-state index in [9.17, 15) is 9.59 Å². The lowest BCUT2D eigenvalue weighted by Gasteiger charge is -2.36. The maximum Gasteiger partial charge on any atom is 0.160 e. The van der Waals surface area contributed by atoms with Gasteiger partial charge in [0.2, 0.25) is 0 Å². The molecule has 0 amide bonds. The molecule has 1 saturated heterocycles. The van der Waals surface area contributed by atoms with Crippen LogP contribution in [0.4, 0.5) is 0 Å². The van der Waals surface area contributed by atoms with Crippen molar-refractivity contribution in [1.82, 2.24) is 4.90 Å². The van der Waals surface area contributed by atoms with Crippen molar-refractivity contribution in [3.8, 4) is 0 Å². The molecule has 3 heteroatoms. The molecule has 0 aromatic carbocycles. The van der Waals surface area contributed by atoms with E-state index < -0.39 is 0 Å². The summed E-state index contributed by atoms with van der Waals surface area (Å²) < 4.78 is 0. The fourth-order valence-corrected chi connectivity index (χ4v) is 2.74. The quantitative estimate of drug-likeness (QED) is 0.703. The van der Waals surface area contributed by atoms with Gasteiger partial charge in [-0.15, -0.1) is 0 Å². The maximum absolute atomic E-state index is 12.0. The largest absolute Gasteiger partial charge is 0.374 e. The summed E-state index contributed by atoms with van der Waals surface area (Å²) in [5.74, 6) is 0.845. The Hall–Kier alpha value is -1.38. The average Bonchev–Trinajstić information content (AvgIpc) is 2.33. The van der Waals surface area contributed by atoms with Crippen LogP contribution in [0.2, 0.25) is 0 Å². The molecule has 0 aromatic heterocycles. The zero-order chi connectivity index (χ0) is 13.3. The summed E-state index contributed by atoms with van der Waals surface area (Å²) in [5, 5.41) is 0. The normalized spacial score (nSPS) is 25.7. The van der Waals surface area contributed by atoms with E-state index in [1.54, 1.807) is 0 Å². The van der Waals surface area contributed by atoms with Crippen molar-refractivity contribution >= 4 is 11.6 Å². The van der Waals surface area contributed by atoms with Crippen LogP contribution in [0, 0.1) is 5.92 Å². The lowest BCUT2D eigenvalue weighted by molar-refractivity contribution is -0.121. The third-order valence-electron chi connectivity index (χ3n) is 4.12. The van der Waals surface area contributed by atoms with Gasteiger partial charge in [-0.05, 0) is 26.2 Å². The number of likely N-dealkylation sites (tertiary alicyclic amines) is 1. The molecule has 1 aliphatic carbocycles. The van der Waals surface area contributed by atoms with Gasteiger partial charge >= 0.3 is 0 Å². The smallest absolute Gasteiger partial charge is 0.160 e. The van der Waals surface area contributed by atoms with Crippen LogP contribution in [0.3, 0.4) is 0 Å². The number of hydrogen-bond acceptors (Lipinski definition) is 3. The summed E-state index contributed by atoms with van der Waals surface area (Å²) in [4.78, 5) is 25.5. The molecule has 2 aliphatic rings. The van der Waals surface area contributed by atoms with E-state index in [2.05, 4.69) is 11.5 Å². The highest BCUT2D eigenvalue weighted by molar-refractivity contribution is 5.96. The molecule has 0 radical (unpaired) electrons. The predicted octanol–water partition coefficient (Wildman–Crippen LogP) is 2.48. The Morgan fingerprint density at radius 1 is 1.22 bits per heavy atom. The third-order valence-corrected chi connectivity index (χ3v) is 4.12. The van der Waals surface area contributed by atoms with Crippen molar-refractivity contribution in [2.24, 2.45) is 5.92 Å². The molecule has 1 aliphatic heterocycles. The van der Waals surface area contributed by atoms with Crippen LogP contribution in [0.25, 0.3) is 0 Å². The van der Waals surface area contributed by atoms with Gasteiger partial charge in [-0.1, -0.05) is 12.2 Å². The summed E-state index contributed by atoms with van der Waals surface area (Å²) in [5.41, 5.74) is 3.12. The minimum atomic E-state index is 0.237. The highest BCUT2D eigenvalue weighted by Gasteiger charge is 2.29. The average molecular weight is 247 g/mol. The molecule has 1 fully saturated rings. The summed E-state index contributed by atoms with van der Waals surface area (Å²) in [6.45, 7) is 9.43. The monoisotopic (exact) mass is 247 g/mol. The van der Waals surface area contributed by atoms with Gasteiger partial charge in [-0.3, -0.25) is 9.59 Å². The Kier molecular flexibility index (Phi) is 3.69. The maximum atomic E-state index is 12.0. The molecule has 1 unspecified atom stereocenters. The van der Waals surface area contributed by atoms with E-state index in [4.69, 9.17) is 0 Å². The van der Waals surface area contributed by atoms with Gasteiger partial charge in [0.15, 0.2) is 5.78 Å². The fraction of sp³-hybridized carbons (Fsp3) is 0.600. The first-order chi connectivity index (χ1) is 8.49. The summed E-state index contributed by atoms with van der Waals surface area (Å²) in [6.07, 6.45) is 2.73. The Labute approximate surface area is 109 Å². The number of ketones is 2. The van der Waals surface area contributed by atoms with Crippen molar-refractivity contribution in [2.45, 2.75) is 39.5 Å². The van der Waals surface area contributed by atoms with Crippen LogP contribution in [0.5, 0.6) is 0 Å². The van der Waals surface area contributed by atoms with E-state index in [-0.39, 0.29) is 11.7 Å². The lowest BCUT2D eigenvalue weighted by Crippen LogP contribution is -2.37. The SMILES string of the molecule is C=C(C)C1CC(=O)C(C)=C(N2CCC(=O)CC2)C1. The molecule has 0 aromatic rings. The zero-order valence-corrected chi connectivity index (χ0v) is 11.3. The molecule has 0 N–H and O–H groups in total. The summed E-state index contributed by atoms with van der Waals surface area (Å²) in [6, 6.07) is 0. The number of carbonyl (C=O) groups is 2. The number of Topliss-reactive ketones (excluding diaryl/α,β-unsaturated/α-hetero) is 2. The van der Waals surface area contributed by atoms with E-state index in [0.717, 1.165) is 36.4 Å². The highest BCUT2D eigenvalue weighted by atomic mass is 16.1. The first-order valence-corrected chi connectivity index (χ1v) is 6.64. The van der Waals surface area contributed by atoms with Gasteiger partial charge < -0.3 is 4.90 Å². The second-order valence-corrected chi connectivity index (χ2v) is 5.47. The van der Waals surface area contributed by atoms with Crippen molar-refractivity contribution in [3.63, 3.8) is 0 Å². The number of piperidine rings is 1. The molecule has 0 bridgehead atoms. The lowest BCUT2D eigenvalue weighted by atomic mass is 9.82. The van der Waals surface area contributed by atoms with E-state index >= 15 is 0 Å². The second kappa shape index (κ2) is 5.09. The molecule has 1 atom stereocenters. The standard InChI is InChI=1S/C15H21NO2/c1-10(2)12-8-14(11(3)15(18)9-12)16-6-4-13(17)5-7-16/h12H,1,4-9H2,2-3H3. The number of nitrogens with zero attached hydrogens (tertiary/aromatic N) is 1. The van der Waals surface area contributed by atoms with E-state index in [1.807, 2.05) is 13.8 Å². The number of hydrogen-bond donors (Lipinski definition) is 0. The van der Waals surface area contributed by atoms with Crippen LogP contribution >= 0.6 is 0 Å². The second-order valence-electron chi connectivity index (χ2n) is 5.47. The topological polar surface area (TPSA) is 37.4 Å². The number of allylic oxidation sites excluding steroid dienone is 3. The van der Waals surface area contributed by atoms with Gasteiger partial charge in [0.1, 0.15) is 5.78 Å². The molecule has 0 saturated carbocycles. The van der Waals surface area contributed by atoms with Gasteiger partial charge in [0, 0.05) is 43.6 Å². The van der Waals surface area contributed by atoms with Gasteiger partial charge in [0.05, 0.1) is 0 Å². The van der Waals surface area contributed by atoms with E-state index in [0.29, 0.717) is 25.0 Å². The molecule has 2 rings (SSSR count). The van der Waals surface area contributed by atoms with Crippen molar-refractivity contribution < 1.29 is 9.59 Å². The molecule has 98 valence electrons. The number of rotatable bonds is 2. The summed E-state index contributed by atoms with van der Waals surface area (Å²) in [7, 11) is 0. The zero-order valence-electron chi connectivity index (χ0n) is 11.3. The molecular weight excluding hydrogens is 226 g/mol. The van der Waals surface area contributed by atoms with Crippen molar-refractivity contribution in [2.75, 3.05) is 13.1 Å². The fourth-order valence-electron chi connectivity index (χ4n) is 2.74. The minimum absolute atomic E-state index is 0.237. The first-order valence-electron chi connectivity index (χ1n) is 6.64. The van der Waals surface area contributed by atoms with Crippen LogP contribution in [0.1, 0.15) is 39.5 Å². The predicted molar refractivity (Wildman–Crippen MR) is 71.1 cm³/mol. The Bertz CT molecular complexity index is 424. The number of carbonyl (C=O) groups excluding carboxylic acids is 2. The van der Waals surface area contributed by atoms with Gasteiger partial charge in [-0.2, -0.15) is 0 Å². The molecule has 1 heterocycles. The molecule has 18 heavy (non-hydrogen) atoms. The van der Waals surface area contributed by atoms with Gasteiger partial charge in [-0.25, -0.2) is 0 Å². The Balaban J connectivity index is 2.18. The highest BCUT2D eigenvalue weighted by Crippen LogP contribution is 2.33. The van der Waals surface area contributed by atoms with Gasteiger partial charge in [0.25, 0.3) is 0 Å². The van der Waals surface area contributed by atoms with Crippen LogP contribution in [-0.2, 0) is 9.59 Å². The molecule has 0 spiro atoms. The Morgan fingerprint density at radius 3 is 2.39 bits per heavy atom. The molecular formula is C15H21NO2. The molecule has 3 nitrogen and oxygen atoms in total. The van der Waals surface area contributed by atoms with Crippen molar-refractivity contribution in [1.29, 1.82) is 0 Å².